The lowest BCUT2D eigenvalue weighted by Gasteiger charge is -2.28. The molecule has 6 heteroatoms. The summed E-state index contributed by atoms with van der Waals surface area (Å²) in [4.78, 5) is 9.11. The van der Waals surface area contributed by atoms with Crippen LogP contribution in [0.4, 0.5) is 5.69 Å². The van der Waals surface area contributed by atoms with Crippen molar-refractivity contribution in [3.63, 3.8) is 0 Å². The highest BCUT2D eigenvalue weighted by Crippen LogP contribution is 2.37. The monoisotopic (exact) mass is 405 g/mol. The third-order valence-electron chi connectivity index (χ3n) is 5.38. The van der Waals surface area contributed by atoms with Crippen LogP contribution in [0.5, 0.6) is 11.5 Å². The largest absolute Gasteiger partial charge is 0.486 e. The molecule has 0 bridgehead atoms. The Bertz CT molecular complexity index is 1090. The molecule has 0 fully saturated rings. The highest BCUT2D eigenvalue weighted by atomic mass is 35.5. The number of nitrogens with zero attached hydrogens (tertiary/aromatic N) is 2. The summed E-state index contributed by atoms with van der Waals surface area (Å²) in [5.74, 6) is 2.40. The van der Waals surface area contributed by atoms with Crippen LogP contribution in [0.3, 0.4) is 0 Å². The standard InChI is InChI=1S/C23H20ClN3O2/c1-14-16(15-5-6-20-21(13-15)29-12-11-28-20)3-2-4-19(14)27-23-22-17(7-9-26-23)18(24)8-10-25-22/h2-10,13,17,22H,11-12H2,1H3,(H,26,27). The molecule has 0 amide bonds. The average molecular weight is 406 g/mol. The maximum atomic E-state index is 6.37. The van der Waals surface area contributed by atoms with E-state index in [9.17, 15) is 0 Å². The lowest BCUT2D eigenvalue weighted by molar-refractivity contribution is 0.171. The Morgan fingerprint density at radius 1 is 1.10 bits per heavy atom. The number of dihydropyridines is 1. The Labute approximate surface area is 174 Å². The second kappa shape index (κ2) is 7.41. The average Bonchev–Trinajstić information content (AvgIpc) is 2.75. The summed E-state index contributed by atoms with van der Waals surface area (Å²) >= 11 is 6.37. The number of halogens is 1. The highest BCUT2D eigenvalue weighted by Gasteiger charge is 2.30. The smallest absolute Gasteiger partial charge is 0.161 e. The van der Waals surface area contributed by atoms with Gasteiger partial charge in [0.1, 0.15) is 25.1 Å². The molecule has 2 aromatic carbocycles. The Morgan fingerprint density at radius 2 is 1.97 bits per heavy atom. The van der Waals surface area contributed by atoms with Gasteiger partial charge in [0.05, 0.1) is 0 Å². The van der Waals surface area contributed by atoms with Gasteiger partial charge in [-0.3, -0.25) is 4.99 Å². The minimum Gasteiger partial charge on any atom is -0.486 e. The fourth-order valence-corrected chi connectivity index (χ4v) is 4.08. The van der Waals surface area contributed by atoms with Gasteiger partial charge in [-0.25, -0.2) is 4.99 Å². The van der Waals surface area contributed by atoms with Gasteiger partial charge < -0.3 is 14.8 Å². The first-order valence-electron chi connectivity index (χ1n) is 9.60. The zero-order valence-corrected chi connectivity index (χ0v) is 16.7. The van der Waals surface area contributed by atoms with Crippen LogP contribution in [0.2, 0.25) is 0 Å². The predicted molar refractivity (Wildman–Crippen MR) is 118 cm³/mol. The van der Waals surface area contributed by atoms with Gasteiger partial charge in [0.15, 0.2) is 11.5 Å². The normalized spacial score (nSPS) is 21.9. The summed E-state index contributed by atoms with van der Waals surface area (Å²) in [5, 5.41) is 4.26. The first-order valence-corrected chi connectivity index (χ1v) is 9.98. The van der Waals surface area contributed by atoms with E-state index in [1.54, 1.807) is 12.4 Å². The fourth-order valence-electron chi connectivity index (χ4n) is 3.83. The molecule has 0 aliphatic carbocycles. The summed E-state index contributed by atoms with van der Waals surface area (Å²) in [6.45, 7) is 3.26. The summed E-state index contributed by atoms with van der Waals surface area (Å²) in [6.07, 6.45) is 7.37. The van der Waals surface area contributed by atoms with Crippen molar-refractivity contribution in [3.8, 4) is 22.6 Å². The van der Waals surface area contributed by atoms with Gasteiger partial charge in [0.2, 0.25) is 0 Å². The SMILES string of the molecule is Cc1c(NC2=NC=CC3C(Cl)=CC=NC23)cccc1-c1ccc2c(c1)OCCO2. The summed E-state index contributed by atoms with van der Waals surface area (Å²) in [7, 11) is 0. The van der Waals surface area contributed by atoms with Gasteiger partial charge in [0.25, 0.3) is 0 Å². The van der Waals surface area contributed by atoms with E-state index in [0.29, 0.717) is 13.2 Å². The number of fused-ring (bicyclic) bond motifs is 2. The Hall–Kier alpha value is -3.05. The minimum atomic E-state index is -0.130. The first kappa shape index (κ1) is 18.0. The van der Waals surface area contributed by atoms with Gasteiger partial charge in [-0.15, -0.1) is 0 Å². The lowest BCUT2D eigenvalue weighted by atomic mass is 9.94. The number of rotatable bonds is 2. The minimum absolute atomic E-state index is 0.0305. The second-order valence-electron chi connectivity index (χ2n) is 7.14. The number of ether oxygens (including phenoxy) is 2. The highest BCUT2D eigenvalue weighted by molar-refractivity contribution is 6.31. The van der Waals surface area contributed by atoms with Crippen LogP contribution in [0, 0.1) is 12.8 Å². The van der Waals surface area contributed by atoms with Gasteiger partial charge in [-0.2, -0.15) is 0 Å². The lowest BCUT2D eigenvalue weighted by Crippen LogP contribution is -2.36. The summed E-state index contributed by atoms with van der Waals surface area (Å²) in [5.41, 5.74) is 4.33. The van der Waals surface area contributed by atoms with Crippen LogP contribution in [-0.2, 0) is 0 Å². The molecule has 5 nitrogen and oxygen atoms in total. The van der Waals surface area contributed by atoms with Crippen molar-refractivity contribution in [1.82, 2.24) is 0 Å². The molecule has 3 aliphatic rings. The molecule has 3 aliphatic heterocycles. The van der Waals surface area contributed by atoms with E-state index in [0.717, 1.165) is 44.7 Å². The molecule has 0 spiro atoms. The number of allylic oxidation sites excluding steroid dienone is 1. The quantitative estimate of drug-likeness (QED) is 0.768. The molecule has 2 atom stereocenters. The summed E-state index contributed by atoms with van der Waals surface area (Å²) < 4.78 is 11.4. The zero-order valence-electron chi connectivity index (χ0n) is 15.9. The molecular weight excluding hydrogens is 386 g/mol. The maximum Gasteiger partial charge on any atom is 0.161 e. The number of aliphatic imine (C=N–C) groups is 2. The van der Waals surface area contributed by atoms with Crippen LogP contribution in [0.1, 0.15) is 5.56 Å². The molecule has 5 rings (SSSR count). The van der Waals surface area contributed by atoms with Gasteiger partial charge in [-0.1, -0.05) is 35.9 Å². The van der Waals surface area contributed by atoms with Crippen molar-refractivity contribution in [2.24, 2.45) is 15.9 Å². The van der Waals surface area contributed by atoms with E-state index in [1.807, 2.05) is 30.4 Å². The van der Waals surface area contributed by atoms with Crippen LogP contribution in [-0.4, -0.2) is 31.3 Å². The van der Waals surface area contributed by atoms with Gasteiger partial charge >= 0.3 is 0 Å². The van der Waals surface area contributed by atoms with E-state index in [4.69, 9.17) is 21.1 Å². The number of nitrogens with one attached hydrogen (secondary N) is 1. The molecule has 0 aromatic heterocycles. The third-order valence-corrected chi connectivity index (χ3v) is 5.75. The molecular formula is C23H20ClN3O2. The van der Waals surface area contributed by atoms with Gasteiger partial charge in [-0.05, 0) is 47.9 Å². The molecule has 3 heterocycles. The van der Waals surface area contributed by atoms with Crippen LogP contribution in [0.15, 0.2) is 69.8 Å². The number of anilines is 1. The molecule has 29 heavy (non-hydrogen) atoms. The number of benzene rings is 2. The summed E-state index contributed by atoms with van der Waals surface area (Å²) in [6, 6.07) is 12.1. The number of hydrogen-bond acceptors (Lipinski definition) is 5. The van der Waals surface area contributed by atoms with Crippen molar-refractivity contribution in [2.75, 3.05) is 18.5 Å². The van der Waals surface area contributed by atoms with E-state index in [2.05, 4.69) is 40.4 Å². The topological polar surface area (TPSA) is 55.2 Å². The predicted octanol–water partition coefficient (Wildman–Crippen LogP) is 4.96. The molecule has 146 valence electrons. The van der Waals surface area contributed by atoms with E-state index < -0.39 is 0 Å². The number of hydrogen-bond donors (Lipinski definition) is 1. The molecule has 0 saturated heterocycles. The Morgan fingerprint density at radius 3 is 2.86 bits per heavy atom. The number of amidine groups is 1. The molecule has 2 aromatic rings. The van der Waals surface area contributed by atoms with Crippen molar-refractivity contribution >= 4 is 29.3 Å². The van der Waals surface area contributed by atoms with E-state index in [1.165, 1.54) is 0 Å². The zero-order chi connectivity index (χ0) is 19.8. The molecule has 0 saturated carbocycles. The van der Waals surface area contributed by atoms with Gasteiger partial charge in [0, 0.05) is 29.1 Å². The fraction of sp³-hybridized carbons (Fsp3) is 0.217. The Balaban J connectivity index is 1.46. The molecule has 0 radical (unpaired) electrons. The Kier molecular flexibility index (Phi) is 4.60. The van der Waals surface area contributed by atoms with Crippen molar-refractivity contribution < 1.29 is 9.47 Å². The van der Waals surface area contributed by atoms with Crippen molar-refractivity contribution in [2.45, 2.75) is 13.0 Å². The first-order chi connectivity index (χ1) is 14.2. The van der Waals surface area contributed by atoms with Crippen LogP contribution in [0.25, 0.3) is 11.1 Å². The van der Waals surface area contributed by atoms with E-state index in [-0.39, 0.29) is 12.0 Å². The van der Waals surface area contributed by atoms with Crippen molar-refractivity contribution in [1.29, 1.82) is 0 Å². The molecule has 2 unspecified atom stereocenters. The maximum absolute atomic E-state index is 6.37. The van der Waals surface area contributed by atoms with Crippen molar-refractivity contribution in [3.05, 3.63) is 65.3 Å². The second-order valence-corrected chi connectivity index (χ2v) is 7.57. The van der Waals surface area contributed by atoms with Crippen LogP contribution >= 0.6 is 11.6 Å². The van der Waals surface area contributed by atoms with E-state index >= 15 is 0 Å². The molecule has 1 N–H and O–H groups in total. The van der Waals surface area contributed by atoms with Crippen LogP contribution < -0.4 is 14.8 Å². The third kappa shape index (κ3) is 3.32.